The van der Waals surface area contributed by atoms with Crippen LogP contribution >= 0.6 is 0 Å². The Morgan fingerprint density at radius 3 is 0.944 bits per heavy atom. The van der Waals surface area contributed by atoms with E-state index in [4.69, 9.17) is 5.11 Å². The molecule has 1 N–H and O–H groups in total. The van der Waals surface area contributed by atoms with E-state index in [2.05, 4.69) is 0 Å². The highest BCUT2D eigenvalue weighted by molar-refractivity contribution is 5.72. The Labute approximate surface area is 108 Å². The Kier molecular flexibility index (Phi) is 6.98. The largest absolute Gasteiger partial charge is 0.481 e. The molecule has 0 atom stereocenters. The maximum atomic E-state index is 9.76. The number of carboxylic acid groups (broad SMARTS) is 1. The van der Waals surface area contributed by atoms with Crippen LogP contribution in [0.5, 0.6) is 0 Å². The van der Waals surface area contributed by atoms with Crippen LogP contribution < -0.4 is 0 Å². The lowest BCUT2D eigenvalue weighted by Crippen LogP contribution is -1.94. The van der Waals surface area contributed by atoms with Crippen LogP contribution in [0, 0.1) is 5.92 Å². The molecule has 94 valence electrons. The molecule has 1 fully saturated rings. The monoisotopic (exact) mass is 242 g/mol. The molecule has 0 aromatic heterocycles. The second-order valence-corrected chi connectivity index (χ2v) is 3.92. The minimum absolute atomic E-state index is 0.0185. The van der Waals surface area contributed by atoms with Gasteiger partial charge in [-0.1, -0.05) is 72.8 Å². The van der Waals surface area contributed by atoms with Gasteiger partial charge in [-0.15, -0.1) is 0 Å². The van der Waals surface area contributed by atoms with Gasteiger partial charge in [0.05, 0.1) is 5.92 Å². The summed E-state index contributed by atoms with van der Waals surface area (Å²) < 4.78 is 0. The lowest BCUT2D eigenvalue weighted by Gasteiger charge is -1.75. The van der Waals surface area contributed by atoms with Gasteiger partial charge in [-0.2, -0.15) is 0 Å². The summed E-state index contributed by atoms with van der Waals surface area (Å²) in [6.07, 6.45) is 1.80. The van der Waals surface area contributed by atoms with Gasteiger partial charge >= 0.3 is 5.97 Å². The van der Waals surface area contributed by atoms with Crippen LogP contribution in [0.2, 0.25) is 0 Å². The Morgan fingerprint density at radius 1 is 0.667 bits per heavy atom. The summed E-state index contributed by atoms with van der Waals surface area (Å²) >= 11 is 0. The van der Waals surface area contributed by atoms with Crippen molar-refractivity contribution in [3.05, 3.63) is 72.8 Å². The molecule has 1 saturated carbocycles. The average molecular weight is 242 g/mol. The van der Waals surface area contributed by atoms with Gasteiger partial charge in [0.25, 0.3) is 0 Å². The van der Waals surface area contributed by atoms with Gasteiger partial charge in [0, 0.05) is 0 Å². The molecule has 0 radical (unpaired) electrons. The van der Waals surface area contributed by atoms with Gasteiger partial charge in [-0.3, -0.25) is 4.79 Å². The molecule has 0 amide bonds. The summed E-state index contributed by atoms with van der Waals surface area (Å²) in [5.41, 5.74) is 0. The lowest BCUT2D eigenvalue weighted by atomic mass is 10.4. The third kappa shape index (κ3) is 8.11. The number of rotatable bonds is 1. The first-order valence-electron chi connectivity index (χ1n) is 6.03. The van der Waals surface area contributed by atoms with E-state index in [0.29, 0.717) is 0 Å². The first-order valence-corrected chi connectivity index (χ1v) is 6.03. The third-order valence-electron chi connectivity index (χ3n) is 2.26. The van der Waals surface area contributed by atoms with Gasteiger partial charge in [0.2, 0.25) is 0 Å². The zero-order valence-electron chi connectivity index (χ0n) is 10.3. The summed E-state index contributed by atoms with van der Waals surface area (Å²) in [6.45, 7) is 0. The van der Waals surface area contributed by atoms with Crippen molar-refractivity contribution in [2.75, 3.05) is 0 Å². The Hall–Kier alpha value is -2.09. The Bertz CT molecular complexity index is 323. The molecule has 2 heteroatoms. The fraction of sp³-hybridized carbons (Fsp3) is 0.188. The predicted molar refractivity (Wildman–Crippen MR) is 73.2 cm³/mol. The van der Waals surface area contributed by atoms with Crippen molar-refractivity contribution in [1.29, 1.82) is 0 Å². The molecule has 2 aromatic rings. The van der Waals surface area contributed by atoms with Gasteiger partial charge in [-0.25, -0.2) is 0 Å². The quantitative estimate of drug-likeness (QED) is 0.824. The van der Waals surface area contributed by atoms with E-state index in [1.54, 1.807) is 0 Å². The smallest absolute Gasteiger partial charge is 0.306 e. The van der Waals surface area contributed by atoms with E-state index in [1.165, 1.54) is 0 Å². The number of hydrogen-bond donors (Lipinski definition) is 1. The minimum Gasteiger partial charge on any atom is -0.481 e. The molecule has 0 saturated heterocycles. The SMILES string of the molecule is O=C(O)C1CC1.c1ccccc1.c1ccccc1. The number of carbonyl (C=O) groups is 1. The van der Waals surface area contributed by atoms with Crippen LogP contribution in [-0.4, -0.2) is 11.1 Å². The molecule has 0 spiro atoms. The molecular weight excluding hydrogens is 224 g/mol. The van der Waals surface area contributed by atoms with Gasteiger partial charge in [0.15, 0.2) is 0 Å². The summed E-state index contributed by atoms with van der Waals surface area (Å²) in [6, 6.07) is 24.0. The van der Waals surface area contributed by atoms with E-state index in [-0.39, 0.29) is 5.92 Å². The zero-order chi connectivity index (χ0) is 13.1. The summed E-state index contributed by atoms with van der Waals surface area (Å²) in [5, 5.41) is 8.05. The number of benzene rings is 2. The van der Waals surface area contributed by atoms with Crippen molar-refractivity contribution in [3.63, 3.8) is 0 Å². The van der Waals surface area contributed by atoms with Crippen molar-refractivity contribution in [3.8, 4) is 0 Å². The molecule has 1 aliphatic carbocycles. The zero-order valence-corrected chi connectivity index (χ0v) is 10.3. The predicted octanol–water partition coefficient (Wildman–Crippen LogP) is 3.85. The van der Waals surface area contributed by atoms with E-state index < -0.39 is 5.97 Å². The molecule has 18 heavy (non-hydrogen) atoms. The Morgan fingerprint density at radius 2 is 0.889 bits per heavy atom. The lowest BCUT2D eigenvalue weighted by molar-refractivity contribution is -0.138. The van der Waals surface area contributed by atoms with Crippen LogP contribution in [0.25, 0.3) is 0 Å². The molecule has 0 bridgehead atoms. The first kappa shape index (κ1) is 14.0. The molecule has 0 unspecified atom stereocenters. The van der Waals surface area contributed by atoms with Crippen molar-refractivity contribution in [2.45, 2.75) is 12.8 Å². The van der Waals surface area contributed by atoms with Crippen molar-refractivity contribution >= 4 is 5.97 Å². The maximum absolute atomic E-state index is 9.76. The molecule has 0 heterocycles. The Balaban J connectivity index is 0.000000135. The van der Waals surface area contributed by atoms with Gasteiger partial charge in [0.1, 0.15) is 0 Å². The molecule has 2 aromatic carbocycles. The highest BCUT2D eigenvalue weighted by Gasteiger charge is 2.28. The van der Waals surface area contributed by atoms with Crippen molar-refractivity contribution in [2.24, 2.45) is 5.92 Å². The van der Waals surface area contributed by atoms with E-state index in [9.17, 15) is 4.79 Å². The third-order valence-corrected chi connectivity index (χ3v) is 2.26. The fourth-order valence-corrected chi connectivity index (χ4v) is 1.10. The first-order chi connectivity index (χ1) is 8.80. The van der Waals surface area contributed by atoms with E-state index >= 15 is 0 Å². The molecule has 1 aliphatic rings. The topological polar surface area (TPSA) is 37.3 Å². The number of hydrogen-bond acceptors (Lipinski definition) is 1. The second kappa shape index (κ2) is 8.99. The summed E-state index contributed by atoms with van der Waals surface area (Å²) in [4.78, 5) is 9.76. The van der Waals surface area contributed by atoms with Crippen molar-refractivity contribution in [1.82, 2.24) is 0 Å². The van der Waals surface area contributed by atoms with Gasteiger partial charge < -0.3 is 5.11 Å². The van der Waals surface area contributed by atoms with E-state index in [0.717, 1.165) is 12.8 Å². The van der Waals surface area contributed by atoms with Crippen LogP contribution in [0.4, 0.5) is 0 Å². The number of carboxylic acids is 1. The minimum atomic E-state index is -0.630. The fourth-order valence-electron chi connectivity index (χ4n) is 1.10. The summed E-state index contributed by atoms with van der Waals surface area (Å²) in [5.74, 6) is -0.611. The number of aliphatic carboxylic acids is 1. The van der Waals surface area contributed by atoms with Crippen LogP contribution in [0.1, 0.15) is 12.8 Å². The molecular formula is C16H18O2. The molecule has 3 rings (SSSR count). The second-order valence-electron chi connectivity index (χ2n) is 3.92. The maximum Gasteiger partial charge on any atom is 0.306 e. The highest BCUT2D eigenvalue weighted by atomic mass is 16.4. The normalized spacial score (nSPS) is 12.2. The standard InChI is InChI=1S/2C6H6.C4H6O2/c2*1-2-4-6-5-3-1;5-4(6)3-1-2-3/h2*1-6H;3H,1-2H2,(H,5,6). The highest BCUT2D eigenvalue weighted by Crippen LogP contribution is 2.28. The average Bonchev–Trinajstić information content (AvgIpc) is 3.29. The van der Waals surface area contributed by atoms with Crippen LogP contribution in [-0.2, 0) is 4.79 Å². The summed E-state index contributed by atoms with van der Waals surface area (Å²) in [7, 11) is 0. The van der Waals surface area contributed by atoms with Crippen molar-refractivity contribution < 1.29 is 9.90 Å². The van der Waals surface area contributed by atoms with E-state index in [1.807, 2.05) is 72.8 Å². The van der Waals surface area contributed by atoms with Crippen LogP contribution in [0.3, 0.4) is 0 Å². The van der Waals surface area contributed by atoms with Crippen LogP contribution in [0.15, 0.2) is 72.8 Å². The van der Waals surface area contributed by atoms with Gasteiger partial charge in [-0.05, 0) is 12.8 Å². The molecule has 2 nitrogen and oxygen atoms in total. The molecule has 0 aliphatic heterocycles.